The van der Waals surface area contributed by atoms with E-state index in [1.54, 1.807) is 0 Å². The van der Waals surface area contributed by atoms with Gasteiger partial charge in [0.2, 0.25) is 0 Å². The minimum Gasteiger partial charge on any atom is -0.508 e. The third kappa shape index (κ3) is 3.36. The second-order valence-electron chi connectivity index (χ2n) is 3.47. The number of aliphatic hydroxyl groups excluding tert-OH is 1. The molecule has 1 unspecified atom stereocenters. The molecule has 98 valence electrons. The van der Waals surface area contributed by atoms with Gasteiger partial charge in [0, 0.05) is 11.6 Å². The lowest BCUT2D eigenvalue weighted by atomic mass is 10.1. The summed E-state index contributed by atoms with van der Waals surface area (Å²) in [7, 11) is 1.12. The van der Waals surface area contributed by atoms with E-state index in [1.807, 2.05) is 0 Å². The van der Waals surface area contributed by atoms with Crippen LogP contribution in [0.25, 0.3) is 0 Å². The Morgan fingerprint density at radius 3 is 2.28 bits per heavy atom. The van der Waals surface area contributed by atoms with E-state index >= 15 is 0 Å². The Labute approximate surface area is 103 Å². The zero-order chi connectivity index (χ0) is 13.7. The van der Waals surface area contributed by atoms with Crippen molar-refractivity contribution in [1.29, 1.82) is 0 Å². The smallest absolute Gasteiger partial charge is 0.330 e. The van der Waals surface area contributed by atoms with E-state index in [4.69, 9.17) is 5.11 Å². The van der Waals surface area contributed by atoms with Gasteiger partial charge < -0.3 is 25.4 Å². The van der Waals surface area contributed by atoms with E-state index in [0.29, 0.717) is 0 Å². The molecule has 4 N–H and O–H groups in total. The highest BCUT2D eigenvalue weighted by Crippen LogP contribution is 2.20. The highest BCUT2D eigenvalue weighted by Gasteiger charge is 2.21. The topological polar surface area (TPSA) is 116 Å². The van der Waals surface area contributed by atoms with Crippen LogP contribution in [0.2, 0.25) is 0 Å². The van der Waals surface area contributed by atoms with Crippen LogP contribution in [0.5, 0.6) is 11.5 Å². The highest BCUT2D eigenvalue weighted by atomic mass is 16.5. The summed E-state index contributed by atoms with van der Waals surface area (Å²) in [5.41, 5.74) is -0.0464. The molecule has 7 heteroatoms. The van der Waals surface area contributed by atoms with Crippen molar-refractivity contribution in [2.75, 3.05) is 13.7 Å². The van der Waals surface area contributed by atoms with Gasteiger partial charge in [0.05, 0.1) is 13.7 Å². The van der Waals surface area contributed by atoms with E-state index in [2.05, 4.69) is 10.1 Å². The van der Waals surface area contributed by atoms with Crippen molar-refractivity contribution in [2.45, 2.75) is 6.04 Å². The number of hydrogen-bond donors (Lipinski definition) is 4. The number of aromatic hydroxyl groups is 2. The van der Waals surface area contributed by atoms with Gasteiger partial charge in [-0.2, -0.15) is 0 Å². The second kappa shape index (κ2) is 5.87. The minimum absolute atomic E-state index is 0.0464. The van der Waals surface area contributed by atoms with Crippen LogP contribution in [0.4, 0.5) is 0 Å². The number of benzene rings is 1. The molecule has 0 aliphatic carbocycles. The van der Waals surface area contributed by atoms with Crippen molar-refractivity contribution in [3.63, 3.8) is 0 Å². The van der Waals surface area contributed by atoms with Gasteiger partial charge in [-0.1, -0.05) is 0 Å². The molecule has 0 aliphatic heterocycles. The number of phenolic OH excluding ortho intramolecular Hbond substituents is 2. The van der Waals surface area contributed by atoms with Crippen LogP contribution in [0.15, 0.2) is 18.2 Å². The van der Waals surface area contributed by atoms with Crippen molar-refractivity contribution in [1.82, 2.24) is 5.32 Å². The molecule has 0 aromatic heterocycles. The average molecular weight is 255 g/mol. The van der Waals surface area contributed by atoms with Crippen LogP contribution >= 0.6 is 0 Å². The fraction of sp³-hybridized carbons (Fsp3) is 0.273. The molecule has 0 saturated carbocycles. The summed E-state index contributed by atoms with van der Waals surface area (Å²) in [5.74, 6) is -2.11. The molecule has 0 heterocycles. The molecule has 1 aromatic carbocycles. The third-order valence-corrected chi connectivity index (χ3v) is 2.14. The summed E-state index contributed by atoms with van der Waals surface area (Å²) in [6.45, 7) is -0.622. The molecular weight excluding hydrogens is 242 g/mol. The van der Waals surface area contributed by atoms with Gasteiger partial charge in [-0.25, -0.2) is 4.79 Å². The first-order chi connectivity index (χ1) is 8.47. The molecule has 1 rings (SSSR count). The standard InChI is InChI=1S/C11H13NO6/c1-18-11(17)9(5-13)12-10(16)6-2-7(14)4-8(15)3-6/h2-4,9,13-15H,5H2,1H3,(H,12,16). The number of methoxy groups -OCH3 is 1. The largest absolute Gasteiger partial charge is 0.508 e. The zero-order valence-electron chi connectivity index (χ0n) is 9.58. The molecule has 0 radical (unpaired) electrons. The van der Waals surface area contributed by atoms with Gasteiger partial charge in [0.1, 0.15) is 11.5 Å². The number of carbonyl (C=O) groups is 2. The third-order valence-electron chi connectivity index (χ3n) is 2.14. The number of esters is 1. The van der Waals surface area contributed by atoms with Gasteiger partial charge in [-0.3, -0.25) is 4.79 Å². The first kappa shape index (κ1) is 13.8. The lowest BCUT2D eigenvalue weighted by Gasteiger charge is -2.13. The van der Waals surface area contributed by atoms with Gasteiger partial charge >= 0.3 is 5.97 Å². The van der Waals surface area contributed by atoms with Crippen LogP contribution in [0.3, 0.4) is 0 Å². The van der Waals surface area contributed by atoms with Crippen molar-refractivity contribution < 1.29 is 29.6 Å². The molecule has 0 fully saturated rings. The van der Waals surface area contributed by atoms with Crippen LogP contribution < -0.4 is 5.32 Å². The molecule has 1 aromatic rings. The van der Waals surface area contributed by atoms with E-state index in [9.17, 15) is 19.8 Å². The predicted molar refractivity (Wildman–Crippen MR) is 60.1 cm³/mol. The molecule has 0 bridgehead atoms. The van der Waals surface area contributed by atoms with Crippen LogP contribution in [-0.2, 0) is 9.53 Å². The Morgan fingerprint density at radius 1 is 1.28 bits per heavy atom. The number of ether oxygens (including phenoxy) is 1. The number of aliphatic hydroxyl groups is 1. The SMILES string of the molecule is COC(=O)C(CO)NC(=O)c1cc(O)cc(O)c1. The predicted octanol–water partition coefficient (Wildman–Crippen LogP) is -0.639. The zero-order valence-corrected chi connectivity index (χ0v) is 9.58. The van der Waals surface area contributed by atoms with Crippen molar-refractivity contribution in [3.05, 3.63) is 23.8 Å². The number of carbonyl (C=O) groups excluding carboxylic acids is 2. The van der Waals surface area contributed by atoms with Gasteiger partial charge in [-0.15, -0.1) is 0 Å². The first-order valence-electron chi connectivity index (χ1n) is 5.00. The van der Waals surface area contributed by atoms with Gasteiger partial charge in [0.15, 0.2) is 6.04 Å². The molecular formula is C11H13NO6. The number of amides is 1. The lowest BCUT2D eigenvalue weighted by molar-refractivity contribution is -0.143. The van der Waals surface area contributed by atoms with E-state index in [-0.39, 0.29) is 17.1 Å². The van der Waals surface area contributed by atoms with Crippen molar-refractivity contribution in [3.8, 4) is 11.5 Å². The summed E-state index contributed by atoms with van der Waals surface area (Å²) in [6, 6.07) is 2.08. The second-order valence-corrected chi connectivity index (χ2v) is 3.47. The fourth-order valence-corrected chi connectivity index (χ4v) is 1.29. The highest BCUT2D eigenvalue weighted by molar-refractivity contribution is 5.97. The summed E-state index contributed by atoms with van der Waals surface area (Å²) < 4.78 is 4.38. The maximum atomic E-state index is 11.7. The molecule has 1 amide bonds. The number of rotatable bonds is 4. The number of nitrogens with one attached hydrogen (secondary N) is 1. The number of hydrogen-bond acceptors (Lipinski definition) is 6. The lowest BCUT2D eigenvalue weighted by Crippen LogP contribution is -2.44. The minimum atomic E-state index is -1.20. The summed E-state index contributed by atoms with van der Waals surface area (Å²) in [4.78, 5) is 22.8. The van der Waals surface area contributed by atoms with Gasteiger partial charge in [0.25, 0.3) is 5.91 Å². The molecule has 1 atom stereocenters. The van der Waals surface area contributed by atoms with Crippen LogP contribution in [0, 0.1) is 0 Å². The fourth-order valence-electron chi connectivity index (χ4n) is 1.29. The first-order valence-corrected chi connectivity index (χ1v) is 5.00. The van der Waals surface area contributed by atoms with E-state index in [0.717, 1.165) is 25.3 Å². The monoisotopic (exact) mass is 255 g/mol. The molecule has 7 nitrogen and oxygen atoms in total. The van der Waals surface area contributed by atoms with Crippen LogP contribution in [0.1, 0.15) is 10.4 Å². The van der Waals surface area contributed by atoms with E-state index < -0.39 is 24.5 Å². The summed E-state index contributed by atoms with van der Waals surface area (Å²) in [6.07, 6.45) is 0. The summed E-state index contributed by atoms with van der Waals surface area (Å²) >= 11 is 0. The number of phenols is 2. The molecule has 18 heavy (non-hydrogen) atoms. The maximum absolute atomic E-state index is 11.7. The maximum Gasteiger partial charge on any atom is 0.330 e. The van der Waals surface area contributed by atoms with Gasteiger partial charge in [-0.05, 0) is 12.1 Å². The van der Waals surface area contributed by atoms with Crippen molar-refractivity contribution >= 4 is 11.9 Å². The Kier molecular flexibility index (Phi) is 4.50. The summed E-state index contributed by atoms with van der Waals surface area (Å²) in [5, 5.41) is 29.5. The molecule has 0 saturated heterocycles. The average Bonchev–Trinajstić information content (AvgIpc) is 2.33. The quantitative estimate of drug-likeness (QED) is 0.532. The normalized spacial score (nSPS) is 11.7. The Hall–Kier alpha value is -2.28. The van der Waals surface area contributed by atoms with Crippen LogP contribution in [-0.4, -0.2) is 47.0 Å². The molecule has 0 spiro atoms. The Bertz CT molecular complexity index is 439. The van der Waals surface area contributed by atoms with Crippen molar-refractivity contribution in [2.24, 2.45) is 0 Å². The molecule has 0 aliphatic rings. The van der Waals surface area contributed by atoms with E-state index in [1.165, 1.54) is 0 Å². The Morgan fingerprint density at radius 2 is 1.83 bits per heavy atom. The Balaban J connectivity index is 2.84.